The van der Waals surface area contributed by atoms with Crippen LogP contribution >= 0.6 is 0 Å². The third-order valence-corrected chi connectivity index (χ3v) is 2.20. The van der Waals surface area contributed by atoms with Gasteiger partial charge in [-0.15, -0.1) is 0 Å². The van der Waals surface area contributed by atoms with Gasteiger partial charge in [0.05, 0.1) is 0 Å². The van der Waals surface area contributed by atoms with E-state index in [9.17, 15) is 14.4 Å². The van der Waals surface area contributed by atoms with Crippen LogP contribution in [-0.4, -0.2) is 59.3 Å². The molecule has 0 aliphatic rings. The number of ether oxygens (including phenoxy) is 2. The molecule has 0 amide bonds. The summed E-state index contributed by atoms with van der Waals surface area (Å²) in [5.74, 6) is -1.71. The topological polar surface area (TPSA) is 89.9 Å². The second-order valence-corrected chi connectivity index (χ2v) is 4.09. The van der Waals surface area contributed by atoms with Gasteiger partial charge in [-0.2, -0.15) is 0 Å². The predicted molar refractivity (Wildman–Crippen MR) is 75.4 cm³/mol. The molecule has 0 saturated heterocycles. The molecule has 0 aliphatic heterocycles. The van der Waals surface area contributed by atoms with E-state index in [1.165, 1.54) is 6.92 Å². The Morgan fingerprint density at radius 2 is 1.60 bits per heavy atom. The average Bonchev–Trinajstić information content (AvgIpc) is 2.33. The molecule has 0 spiro atoms. The summed E-state index contributed by atoms with van der Waals surface area (Å²) in [6.07, 6.45) is 2.18. The van der Waals surface area contributed by atoms with Crippen molar-refractivity contribution in [2.24, 2.45) is 0 Å². The van der Waals surface area contributed by atoms with E-state index in [0.29, 0.717) is 24.8 Å². The first kappa shape index (κ1) is 21.2. The van der Waals surface area contributed by atoms with E-state index in [4.69, 9.17) is 14.6 Å². The summed E-state index contributed by atoms with van der Waals surface area (Å²) in [5, 5.41) is 8.41. The largest absolute Gasteiger partial charge is 2.00 e. The molecule has 112 valence electrons. The fraction of sp³-hybridized carbons (Fsp3) is 0.615. The van der Waals surface area contributed by atoms with Crippen molar-refractivity contribution in [3.8, 4) is 0 Å². The van der Waals surface area contributed by atoms with Crippen molar-refractivity contribution in [1.29, 1.82) is 0 Å². The molecule has 0 aromatic rings. The second-order valence-electron chi connectivity index (χ2n) is 4.09. The average molecular weight is 299 g/mol. The summed E-state index contributed by atoms with van der Waals surface area (Å²) in [6.45, 7) is 4.98. The molecule has 0 aliphatic carbocycles. The van der Waals surface area contributed by atoms with Crippen molar-refractivity contribution in [2.75, 3.05) is 13.2 Å². The van der Waals surface area contributed by atoms with Crippen LogP contribution in [0.25, 0.3) is 0 Å². The van der Waals surface area contributed by atoms with Crippen molar-refractivity contribution >= 4 is 41.0 Å². The van der Waals surface area contributed by atoms with Crippen LogP contribution in [0.15, 0.2) is 12.2 Å². The Balaban J connectivity index is -0.000000540. The zero-order valence-corrected chi connectivity index (χ0v) is 13.3. The molecule has 0 bridgehead atoms. The van der Waals surface area contributed by atoms with Crippen molar-refractivity contribution in [3.05, 3.63) is 12.2 Å². The fourth-order valence-electron chi connectivity index (χ4n) is 1.21. The van der Waals surface area contributed by atoms with Crippen LogP contribution in [-0.2, 0) is 23.9 Å². The summed E-state index contributed by atoms with van der Waals surface area (Å²) < 4.78 is 9.58. The standard InChI is InChI=1S/C13H20O6.Mg.2H/c1-10(2)13(17)19-9-8-18-12(16)7-5-3-4-6-11(14)15;;;/h1,3-9H2,2H3,(H,14,15);;;/q;+2;2*-1. The van der Waals surface area contributed by atoms with E-state index in [1.807, 2.05) is 0 Å². The van der Waals surface area contributed by atoms with Crippen LogP contribution < -0.4 is 0 Å². The maximum atomic E-state index is 11.2. The van der Waals surface area contributed by atoms with Gasteiger partial charge in [0.15, 0.2) is 0 Å². The minimum absolute atomic E-state index is 0. The van der Waals surface area contributed by atoms with Crippen LogP contribution in [0.5, 0.6) is 0 Å². The van der Waals surface area contributed by atoms with E-state index < -0.39 is 11.9 Å². The van der Waals surface area contributed by atoms with Gasteiger partial charge < -0.3 is 17.4 Å². The number of carboxylic acid groups (broad SMARTS) is 1. The number of carbonyl (C=O) groups is 3. The maximum absolute atomic E-state index is 11.2. The molecule has 6 nitrogen and oxygen atoms in total. The molecule has 0 radical (unpaired) electrons. The third-order valence-electron chi connectivity index (χ3n) is 2.20. The number of aliphatic carboxylic acids is 1. The molecule has 0 rings (SSSR count). The van der Waals surface area contributed by atoms with Gasteiger partial charge in [0.2, 0.25) is 0 Å². The Morgan fingerprint density at radius 1 is 1.05 bits per heavy atom. The fourth-order valence-corrected chi connectivity index (χ4v) is 1.21. The van der Waals surface area contributed by atoms with Crippen LogP contribution in [0.4, 0.5) is 0 Å². The van der Waals surface area contributed by atoms with E-state index >= 15 is 0 Å². The summed E-state index contributed by atoms with van der Waals surface area (Å²) in [6, 6.07) is 0. The molecule has 0 saturated carbocycles. The molecular weight excluding hydrogens is 276 g/mol. The van der Waals surface area contributed by atoms with Crippen molar-refractivity contribution in [1.82, 2.24) is 0 Å². The second kappa shape index (κ2) is 12.9. The smallest absolute Gasteiger partial charge is 1.00 e. The van der Waals surface area contributed by atoms with Crippen LogP contribution in [0.1, 0.15) is 41.9 Å². The molecule has 0 aromatic carbocycles. The number of carboxylic acids is 1. The Morgan fingerprint density at radius 3 is 2.15 bits per heavy atom. The van der Waals surface area contributed by atoms with Gasteiger partial charge in [0.25, 0.3) is 0 Å². The summed E-state index contributed by atoms with van der Waals surface area (Å²) >= 11 is 0. The van der Waals surface area contributed by atoms with Gasteiger partial charge in [-0.25, -0.2) is 4.79 Å². The molecule has 0 aromatic heterocycles. The third kappa shape index (κ3) is 13.4. The van der Waals surface area contributed by atoms with E-state index in [0.717, 1.165) is 0 Å². The molecule has 0 unspecified atom stereocenters. The van der Waals surface area contributed by atoms with Gasteiger partial charge in [0, 0.05) is 18.4 Å². The van der Waals surface area contributed by atoms with Gasteiger partial charge in [-0.05, 0) is 19.8 Å². The number of carbonyl (C=O) groups excluding carboxylic acids is 2. The van der Waals surface area contributed by atoms with Gasteiger partial charge in [-0.1, -0.05) is 13.0 Å². The summed E-state index contributed by atoms with van der Waals surface area (Å²) in [5.41, 5.74) is 0.296. The molecule has 0 atom stereocenters. The maximum Gasteiger partial charge on any atom is 2.00 e. The van der Waals surface area contributed by atoms with E-state index in [-0.39, 0.29) is 57.9 Å². The van der Waals surface area contributed by atoms with E-state index in [2.05, 4.69) is 6.58 Å². The summed E-state index contributed by atoms with van der Waals surface area (Å²) in [4.78, 5) is 32.4. The zero-order chi connectivity index (χ0) is 14.7. The predicted octanol–water partition coefficient (Wildman–Crippen LogP) is 1.53. The Kier molecular flexibility index (Phi) is 13.7. The summed E-state index contributed by atoms with van der Waals surface area (Å²) in [7, 11) is 0. The SMILES string of the molecule is C=C(C)C(=O)OCCOC(=O)CCCCCC(=O)O.[H-].[H-].[Mg+2]. The van der Waals surface area contributed by atoms with Crippen molar-refractivity contribution in [3.63, 3.8) is 0 Å². The van der Waals surface area contributed by atoms with Crippen LogP contribution in [0, 0.1) is 0 Å². The number of hydrogen-bond donors (Lipinski definition) is 1. The van der Waals surface area contributed by atoms with Gasteiger partial charge in [-0.3, -0.25) is 9.59 Å². The first-order chi connectivity index (χ1) is 8.93. The minimum atomic E-state index is -0.832. The number of esters is 2. The van der Waals surface area contributed by atoms with Crippen molar-refractivity contribution < 1.29 is 31.8 Å². The molecular formula is C13H22MgO6. The Bertz CT molecular complexity index is 349. The van der Waals surface area contributed by atoms with E-state index in [1.54, 1.807) is 0 Å². The van der Waals surface area contributed by atoms with Gasteiger partial charge >= 0.3 is 41.0 Å². The monoisotopic (exact) mass is 298 g/mol. The first-order valence-corrected chi connectivity index (χ1v) is 6.13. The Labute approximate surface area is 137 Å². The van der Waals surface area contributed by atoms with Crippen LogP contribution in [0.2, 0.25) is 0 Å². The Hall–Kier alpha value is -1.08. The minimum Gasteiger partial charge on any atom is -1.00 e. The molecule has 1 N–H and O–H groups in total. The quantitative estimate of drug-likeness (QED) is 0.285. The number of unbranched alkanes of at least 4 members (excludes halogenated alkanes) is 2. The molecule has 0 heterocycles. The number of rotatable bonds is 10. The molecule has 20 heavy (non-hydrogen) atoms. The first-order valence-electron chi connectivity index (χ1n) is 6.13. The van der Waals surface area contributed by atoms with Crippen molar-refractivity contribution in [2.45, 2.75) is 39.0 Å². The zero-order valence-electron chi connectivity index (χ0n) is 13.9. The van der Waals surface area contributed by atoms with Crippen LogP contribution in [0.3, 0.4) is 0 Å². The normalized spacial score (nSPS) is 9.25. The number of hydrogen-bond acceptors (Lipinski definition) is 5. The molecule has 7 heteroatoms. The molecule has 0 fully saturated rings. The van der Waals surface area contributed by atoms with Gasteiger partial charge in [0.1, 0.15) is 13.2 Å².